The number of esters is 1. The number of methoxy groups -OCH3 is 1. The molecule has 7 heteroatoms. The van der Waals surface area contributed by atoms with Crippen LogP contribution in [0.2, 0.25) is 0 Å². The van der Waals surface area contributed by atoms with E-state index >= 15 is 0 Å². The zero-order valence-electron chi connectivity index (χ0n) is 16.9. The Labute approximate surface area is 175 Å². The first-order valence-corrected chi connectivity index (χ1v) is 10.1. The summed E-state index contributed by atoms with van der Waals surface area (Å²) in [5.41, 5.74) is 0.614. The van der Waals surface area contributed by atoms with Crippen LogP contribution >= 0.6 is 0 Å². The Bertz CT molecular complexity index is 935. The molecule has 0 unspecified atom stereocenters. The second kappa shape index (κ2) is 8.65. The van der Waals surface area contributed by atoms with Crippen LogP contribution in [0, 0.1) is 0 Å². The molecule has 2 aromatic carbocycles. The number of amides is 1. The molecule has 0 atom stereocenters. The van der Waals surface area contributed by atoms with E-state index in [2.05, 4.69) is 5.32 Å². The Hall–Kier alpha value is -3.22. The number of hydrogen-bond acceptors (Lipinski definition) is 6. The van der Waals surface area contributed by atoms with Gasteiger partial charge in [0.1, 0.15) is 19.0 Å². The molecule has 4 rings (SSSR count). The smallest absolute Gasteiger partial charge is 0.317 e. The van der Waals surface area contributed by atoms with Crippen molar-refractivity contribution in [1.82, 2.24) is 0 Å². The molecule has 0 aromatic heterocycles. The number of para-hydroxylation sites is 2. The van der Waals surface area contributed by atoms with Gasteiger partial charge in [-0.2, -0.15) is 0 Å². The van der Waals surface area contributed by atoms with Crippen LogP contribution in [-0.2, 0) is 19.7 Å². The van der Waals surface area contributed by atoms with Gasteiger partial charge < -0.3 is 24.3 Å². The van der Waals surface area contributed by atoms with Gasteiger partial charge in [-0.05, 0) is 42.7 Å². The van der Waals surface area contributed by atoms with E-state index in [0.717, 1.165) is 18.4 Å². The van der Waals surface area contributed by atoms with Crippen LogP contribution in [-0.4, -0.2) is 38.8 Å². The minimum Gasteiger partial charge on any atom is -0.495 e. The number of benzene rings is 2. The highest BCUT2D eigenvalue weighted by atomic mass is 16.6. The molecule has 1 N–H and O–H groups in total. The minimum atomic E-state index is -0.763. The average Bonchev–Trinajstić information content (AvgIpc) is 3.29. The van der Waals surface area contributed by atoms with Crippen molar-refractivity contribution in [3.05, 3.63) is 48.0 Å². The largest absolute Gasteiger partial charge is 0.495 e. The molecular weight excluding hydrogens is 386 g/mol. The maximum absolute atomic E-state index is 13.1. The number of carbonyl (C=O) groups is 2. The molecule has 1 aliphatic carbocycles. The van der Waals surface area contributed by atoms with Gasteiger partial charge in [0, 0.05) is 0 Å². The molecule has 2 aromatic rings. The lowest BCUT2D eigenvalue weighted by Gasteiger charge is -2.28. The van der Waals surface area contributed by atoms with Crippen molar-refractivity contribution in [2.75, 3.05) is 32.2 Å². The van der Waals surface area contributed by atoms with Crippen LogP contribution in [0.15, 0.2) is 42.5 Å². The summed E-state index contributed by atoms with van der Waals surface area (Å²) in [7, 11) is 1.53. The summed E-state index contributed by atoms with van der Waals surface area (Å²) in [6, 6.07) is 12.7. The van der Waals surface area contributed by atoms with Crippen molar-refractivity contribution < 1.29 is 28.5 Å². The van der Waals surface area contributed by atoms with Crippen molar-refractivity contribution in [3.63, 3.8) is 0 Å². The molecule has 1 amide bonds. The van der Waals surface area contributed by atoms with E-state index in [1.807, 2.05) is 24.3 Å². The van der Waals surface area contributed by atoms with Gasteiger partial charge in [0.15, 0.2) is 18.1 Å². The number of carbonyl (C=O) groups excluding carboxylic acids is 2. The third-order valence-corrected chi connectivity index (χ3v) is 5.66. The third-order valence-electron chi connectivity index (χ3n) is 5.66. The Kier molecular flexibility index (Phi) is 5.79. The van der Waals surface area contributed by atoms with Crippen LogP contribution in [0.25, 0.3) is 0 Å². The van der Waals surface area contributed by atoms with Gasteiger partial charge in [-0.3, -0.25) is 9.59 Å². The maximum Gasteiger partial charge on any atom is 0.317 e. The maximum atomic E-state index is 13.1. The van der Waals surface area contributed by atoms with Crippen molar-refractivity contribution in [2.24, 2.45) is 0 Å². The standard InChI is InChI=1S/C23H25NO6/c1-27-18-7-3-2-6-17(18)24-21(25)15-30-22(26)23(10-4-5-11-23)16-8-9-19-20(14-16)29-13-12-28-19/h2-3,6-9,14H,4-5,10-13,15H2,1H3,(H,24,25). The lowest BCUT2D eigenvalue weighted by molar-refractivity contribution is -0.153. The van der Waals surface area contributed by atoms with E-state index in [9.17, 15) is 9.59 Å². The van der Waals surface area contributed by atoms with Crippen molar-refractivity contribution in [3.8, 4) is 17.2 Å². The van der Waals surface area contributed by atoms with Gasteiger partial charge in [0.25, 0.3) is 5.91 Å². The number of fused-ring (bicyclic) bond motifs is 1. The Morgan fingerprint density at radius 2 is 1.77 bits per heavy atom. The van der Waals surface area contributed by atoms with Crippen LogP contribution in [0.1, 0.15) is 31.2 Å². The van der Waals surface area contributed by atoms with Gasteiger partial charge in [0.05, 0.1) is 18.2 Å². The lowest BCUT2D eigenvalue weighted by Crippen LogP contribution is -2.36. The summed E-state index contributed by atoms with van der Waals surface area (Å²) in [5.74, 6) is 1.07. The summed E-state index contributed by atoms with van der Waals surface area (Å²) in [5, 5.41) is 2.72. The highest BCUT2D eigenvalue weighted by Crippen LogP contribution is 2.45. The molecule has 2 aliphatic rings. The number of ether oxygens (including phenoxy) is 4. The van der Waals surface area contributed by atoms with E-state index in [4.69, 9.17) is 18.9 Å². The topological polar surface area (TPSA) is 83.1 Å². The van der Waals surface area contributed by atoms with Crippen LogP contribution in [0.5, 0.6) is 17.2 Å². The number of anilines is 1. The highest BCUT2D eigenvalue weighted by molar-refractivity contribution is 5.95. The lowest BCUT2D eigenvalue weighted by atomic mass is 9.78. The first-order valence-electron chi connectivity index (χ1n) is 10.1. The van der Waals surface area contributed by atoms with E-state index < -0.39 is 11.3 Å². The Morgan fingerprint density at radius 1 is 1.03 bits per heavy atom. The van der Waals surface area contributed by atoms with Crippen LogP contribution in [0.3, 0.4) is 0 Å². The first-order chi connectivity index (χ1) is 14.6. The summed E-state index contributed by atoms with van der Waals surface area (Å²) < 4.78 is 22.0. The van der Waals surface area contributed by atoms with Crippen molar-refractivity contribution in [1.29, 1.82) is 0 Å². The molecule has 0 bridgehead atoms. The zero-order valence-corrected chi connectivity index (χ0v) is 16.9. The molecule has 7 nitrogen and oxygen atoms in total. The molecule has 30 heavy (non-hydrogen) atoms. The normalized spacial score (nSPS) is 16.6. The Morgan fingerprint density at radius 3 is 2.53 bits per heavy atom. The molecule has 0 radical (unpaired) electrons. The average molecular weight is 411 g/mol. The summed E-state index contributed by atoms with van der Waals surface area (Å²) in [6.45, 7) is 0.640. The van der Waals surface area contributed by atoms with E-state index in [1.165, 1.54) is 7.11 Å². The predicted molar refractivity (Wildman–Crippen MR) is 110 cm³/mol. The van der Waals surface area contributed by atoms with Crippen molar-refractivity contribution >= 4 is 17.6 Å². The summed E-state index contributed by atoms with van der Waals surface area (Å²) in [6.07, 6.45) is 3.22. The fraction of sp³-hybridized carbons (Fsp3) is 0.391. The molecule has 1 fully saturated rings. The minimum absolute atomic E-state index is 0.358. The fourth-order valence-corrected chi connectivity index (χ4v) is 4.13. The van der Waals surface area contributed by atoms with E-state index in [1.54, 1.807) is 18.2 Å². The highest BCUT2D eigenvalue weighted by Gasteiger charge is 2.45. The van der Waals surface area contributed by atoms with Gasteiger partial charge >= 0.3 is 5.97 Å². The summed E-state index contributed by atoms with van der Waals surface area (Å²) in [4.78, 5) is 25.5. The molecule has 158 valence electrons. The van der Waals surface area contributed by atoms with Gasteiger partial charge in [-0.25, -0.2) is 0 Å². The number of nitrogens with one attached hydrogen (secondary N) is 1. The SMILES string of the molecule is COc1ccccc1NC(=O)COC(=O)C1(c2ccc3c(c2)OCCO3)CCCC1. The monoisotopic (exact) mass is 411 g/mol. The molecule has 1 heterocycles. The fourth-order valence-electron chi connectivity index (χ4n) is 4.13. The van der Waals surface area contributed by atoms with E-state index in [-0.39, 0.29) is 12.6 Å². The molecule has 0 saturated heterocycles. The van der Waals surface area contributed by atoms with Crippen molar-refractivity contribution in [2.45, 2.75) is 31.1 Å². The molecule has 0 spiro atoms. The first kappa shape index (κ1) is 20.1. The molecule has 1 aliphatic heterocycles. The van der Waals surface area contributed by atoms with Gasteiger partial charge in [-0.15, -0.1) is 0 Å². The van der Waals surface area contributed by atoms with Crippen LogP contribution < -0.4 is 19.5 Å². The molecule has 1 saturated carbocycles. The Balaban J connectivity index is 1.46. The second-order valence-corrected chi connectivity index (χ2v) is 7.47. The second-order valence-electron chi connectivity index (χ2n) is 7.47. The molecular formula is C23H25NO6. The number of hydrogen-bond donors (Lipinski definition) is 1. The quantitative estimate of drug-likeness (QED) is 0.733. The zero-order chi connectivity index (χ0) is 21.0. The van der Waals surface area contributed by atoms with E-state index in [0.29, 0.717) is 49.0 Å². The third kappa shape index (κ3) is 3.92. The van der Waals surface area contributed by atoms with Crippen LogP contribution in [0.4, 0.5) is 5.69 Å². The summed E-state index contributed by atoms with van der Waals surface area (Å²) >= 11 is 0. The van der Waals surface area contributed by atoms with Gasteiger partial charge in [-0.1, -0.05) is 31.0 Å². The number of rotatable bonds is 6. The van der Waals surface area contributed by atoms with Gasteiger partial charge in [0.2, 0.25) is 0 Å². The predicted octanol–water partition coefficient (Wildman–Crippen LogP) is 3.46.